The van der Waals surface area contributed by atoms with E-state index < -0.39 is 23.4 Å². The van der Waals surface area contributed by atoms with Gasteiger partial charge in [-0.15, -0.1) is 0 Å². The molecule has 0 radical (unpaired) electrons. The van der Waals surface area contributed by atoms with E-state index in [1.165, 1.54) is 42.5 Å². The second-order valence-corrected chi connectivity index (χ2v) is 5.34. The third-order valence-corrected chi connectivity index (χ3v) is 3.28. The number of hydrogen-bond donors (Lipinski definition) is 2. The van der Waals surface area contributed by atoms with Gasteiger partial charge in [-0.1, -0.05) is 28.1 Å². The van der Waals surface area contributed by atoms with Crippen LogP contribution in [0.15, 0.2) is 53.0 Å². The van der Waals surface area contributed by atoms with Gasteiger partial charge in [0.15, 0.2) is 0 Å². The fraction of sp³-hybridized carbons (Fsp3) is 0. The number of carbonyl (C=O) groups excluding carboxylic acids is 2. The molecule has 4 nitrogen and oxygen atoms in total. The highest BCUT2D eigenvalue weighted by atomic mass is 79.9. The summed E-state index contributed by atoms with van der Waals surface area (Å²) in [7, 11) is 0. The lowest BCUT2D eigenvalue weighted by Gasteiger charge is -2.06. The second kappa shape index (κ2) is 7.64. The first kappa shape index (κ1) is 16.8. The summed E-state index contributed by atoms with van der Waals surface area (Å²) in [4.78, 5) is 23.3. The van der Waals surface area contributed by atoms with Crippen LogP contribution in [-0.2, 0) is 4.79 Å². The molecule has 0 unspecified atom stereocenters. The summed E-state index contributed by atoms with van der Waals surface area (Å²) >= 11 is 3.19. The van der Waals surface area contributed by atoms with Crippen molar-refractivity contribution in [3.05, 3.63) is 75.8 Å². The van der Waals surface area contributed by atoms with Crippen molar-refractivity contribution >= 4 is 33.8 Å². The van der Waals surface area contributed by atoms with Gasteiger partial charge in [0.25, 0.3) is 11.8 Å². The van der Waals surface area contributed by atoms with Gasteiger partial charge >= 0.3 is 0 Å². The van der Waals surface area contributed by atoms with Crippen LogP contribution in [0.2, 0.25) is 0 Å². The molecule has 0 atom stereocenters. The Morgan fingerprint density at radius 3 is 2.48 bits per heavy atom. The molecule has 0 heterocycles. The van der Waals surface area contributed by atoms with E-state index in [1.54, 1.807) is 0 Å². The lowest BCUT2D eigenvalue weighted by molar-refractivity contribution is -0.117. The molecule has 7 heteroatoms. The fourth-order valence-electron chi connectivity index (χ4n) is 1.68. The molecule has 0 saturated carbocycles. The summed E-state index contributed by atoms with van der Waals surface area (Å²) in [5.41, 5.74) is 4.16. The summed E-state index contributed by atoms with van der Waals surface area (Å²) in [5.74, 6) is -2.67. The van der Waals surface area contributed by atoms with E-state index in [2.05, 4.69) is 26.8 Å². The predicted molar refractivity (Wildman–Crippen MR) is 85.1 cm³/mol. The van der Waals surface area contributed by atoms with Gasteiger partial charge < -0.3 is 0 Å². The van der Waals surface area contributed by atoms with Crippen molar-refractivity contribution in [1.82, 2.24) is 10.9 Å². The maximum atomic E-state index is 13.5. The summed E-state index contributed by atoms with van der Waals surface area (Å²) in [6, 6.07) is 9.63. The highest BCUT2D eigenvalue weighted by Crippen LogP contribution is 2.16. The van der Waals surface area contributed by atoms with E-state index in [0.717, 1.165) is 12.1 Å². The number of hydrogen-bond acceptors (Lipinski definition) is 2. The topological polar surface area (TPSA) is 58.2 Å². The zero-order valence-corrected chi connectivity index (χ0v) is 13.2. The van der Waals surface area contributed by atoms with E-state index in [9.17, 15) is 18.4 Å². The molecule has 0 aliphatic rings. The van der Waals surface area contributed by atoms with Gasteiger partial charge in [-0.05, 0) is 36.4 Å². The molecule has 2 aromatic rings. The van der Waals surface area contributed by atoms with Gasteiger partial charge in [0.1, 0.15) is 11.6 Å². The van der Waals surface area contributed by atoms with Crippen LogP contribution >= 0.6 is 15.9 Å². The van der Waals surface area contributed by atoms with E-state index in [-0.39, 0.29) is 11.1 Å². The smallest absolute Gasteiger partial charge is 0.268 e. The standard InChI is InChI=1S/C16H11BrF2N2O2/c17-11-6-7-13(18)10(9-11)5-8-15(22)20-21-16(23)12-3-1-2-4-14(12)19/h1-9H,(H,20,22)(H,21,23). The van der Waals surface area contributed by atoms with Crippen molar-refractivity contribution < 1.29 is 18.4 Å². The zero-order chi connectivity index (χ0) is 16.8. The SMILES string of the molecule is O=C(C=Cc1cc(Br)ccc1F)NNC(=O)c1ccccc1F. The number of amides is 2. The molecular weight excluding hydrogens is 370 g/mol. The van der Waals surface area contributed by atoms with Crippen LogP contribution in [0.1, 0.15) is 15.9 Å². The van der Waals surface area contributed by atoms with Gasteiger partial charge in [0.05, 0.1) is 5.56 Å². The molecule has 2 rings (SSSR count). The Morgan fingerprint density at radius 1 is 1.00 bits per heavy atom. The van der Waals surface area contributed by atoms with Crippen molar-refractivity contribution in [1.29, 1.82) is 0 Å². The summed E-state index contributed by atoms with van der Waals surface area (Å²) < 4.78 is 27.5. The first-order valence-electron chi connectivity index (χ1n) is 6.45. The summed E-state index contributed by atoms with van der Waals surface area (Å²) in [6.45, 7) is 0. The monoisotopic (exact) mass is 380 g/mol. The summed E-state index contributed by atoms with van der Waals surface area (Å²) in [5, 5.41) is 0. The molecular formula is C16H11BrF2N2O2. The Balaban J connectivity index is 1.95. The van der Waals surface area contributed by atoms with Crippen LogP contribution in [0.5, 0.6) is 0 Å². The number of rotatable bonds is 3. The molecule has 0 fully saturated rings. The third-order valence-electron chi connectivity index (χ3n) is 2.79. The Hall–Kier alpha value is -2.54. The van der Waals surface area contributed by atoms with Crippen LogP contribution in [0.4, 0.5) is 8.78 Å². The third kappa shape index (κ3) is 4.72. The van der Waals surface area contributed by atoms with Crippen LogP contribution in [0.25, 0.3) is 6.08 Å². The van der Waals surface area contributed by atoms with Gasteiger partial charge in [-0.2, -0.15) is 0 Å². The minimum absolute atomic E-state index is 0.199. The largest absolute Gasteiger partial charge is 0.272 e. The van der Waals surface area contributed by atoms with Crippen LogP contribution in [-0.4, -0.2) is 11.8 Å². The molecule has 23 heavy (non-hydrogen) atoms. The number of benzene rings is 2. The predicted octanol–water partition coefficient (Wildman–Crippen LogP) is 3.20. The molecule has 0 spiro atoms. The maximum absolute atomic E-state index is 13.5. The van der Waals surface area contributed by atoms with Crippen molar-refractivity contribution in [3.63, 3.8) is 0 Å². The fourth-order valence-corrected chi connectivity index (χ4v) is 2.06. The molecule has 118 valence electrons. The molecule has 0 bridgehead atoms. The lowest BCUT2D eigenvalue weighted by atomic mass is 10.2. The molecule has 0 aromatic heterocycles. The van der Waals surface area contributed by atoms with Crippen LogP contribution in [0.3, 0.4) is 0 Å². The number of halogens is 3. The van der Waals surface area contributed by atoms with Gasteiger partial charge in [-0.25, -0.2) is 8.78 Å². The van der Waals surface area contributed by atoms with E-state index in [1.807, 2.05) is 0 Å². The second-order valence-electron chi connectivity index (χ2n) is 4.42. The number of carbonyl (C=O) groups is 2. The highest BCUT2D eigenvalue weighted by Gasteiger charge is 2.10. The van der Waals surface area contributed by atoms with Gasteiger partial charge in [-0.3, -0.25) is 20.4 Å². The van der Waals surface area contributed by atoms with Crippen LogP contribution in [0, 0.1) is 11.6 Å². The lowest BCUT2D eigenvalue weighted by Crippen LogP contribution is -2.41. The maximum Gasteiger partial charge on any atom is 0.272 e. The van der Waals surface area contributed by atoms with Gasteiger partial charge in [0, 0.05) is 16.1 Å². The first-order chi connectivity index (χ1) is 11.0. The Bertz CT molecular complexity index is 778. The quantitative estimate of drug-likeness (QED) is 0.634. The van der Waals surface area contributed by atoms with Crippen molar-refractivity contribution in [2.45, 2.75) is 0 Å². The average Bonchev–Trinajstić information content (AvgIpc) is 2.54. The molecule has 0 saturated heterocycles. The Labute approximate surface area is 139 Å². The highest BCUT2D eigenvalue weighted by molar-refractivity contribution is 9.10. The first-order valence-corrected chi connectivity index (χ1v) is 7.24. The zero-order valence-electron chi connectivity index (χ0n) is 11.6. The minimum Gasteiger partial charge on any atom is -0.268 e. The van der Waals surface area contributed by atoms with Crippen LogP contribution < -0.4 is 10.9 Å². The van der Waals surface area contributed by atoms with Gasteiger partial charge in [0.2, 0.25) is 0 Å². The molecule has 0 aliphatic carbocycles. The number of hydrazine groups is 1. The summed E-state index contributed by atoms with van der Waals surface area (Å²) in [6.07, 6.45) is 2.30. The van der Waals surface area contributed by atoms with Crippen molar-refractivity contribution in [2.75, 3.05) is 0 Å². The Kier molecular flexibility index (Phi) is 5.59. The average molecular weight is 381 g/mol. The van der Waals surface area contributed by atoms with E-state index >= 15 is 0 Å². The molecule has 2 N–H and O–H groups in total. The number of nitrogens with one attached hydrogen (secondary N) is 2. The minimum atomic E-state index is -0.793. The van der Waals surface area contributed by atoms with Crippen molar-refractivity contribution in [2.24, 2.45) is 0 Å². The molecule has 2 aromatic carbocycles. The van der Waals surface area contributed by atoms with E-state index in [4.69, 9.17) is 0 Å². The molecule has 0 aliphatic heterocycles. The molecule has 2 amide bonds. The van der Waals surface area contributed by atoms with E-state index in [0.29, 0.717) is 4.47 Å². The Morgan fingerprint density at radius 2 is 1.74 bits per heavy atom. The normalized spacial score (nSPS) is 10.6. The van der Waals surface area contributed by atoms with Crippen molar-refractivity contribution in [3.8, 4) is 0 Å².